The molecule has 1 atom stereocenters. The average Bonchev–Trinajstić information content (AvgIpc) is 3.02. The van der Waals surface area contributed by atoms with Crippen LogP contribution in [0.4, 0.5) is 11.4 Å². The number of fused-ring (bicyclic) bond motifs is 1. The fraction of sp³-hybridized carbons (Fsp3) is 0.360. The number of nitrogens with zero attached hydrogens (tertiary/aromatic N) is 2. The molecule has 2 aromatic rings. The summed E-state index contributed by atoms with van der Waals surface area (Å²) in [5.41, 5.74) is 6.51. The fourth-order valence-electron chi connectivity index (χ4n) is 4.38. The number of nitrogens with one attached hydrogen (secondary N) is 1. The molecule has 1 saturated heterocycles. The van der Waals surface area contributed by atoms with E-state index in [1.807, 2.05) is 31.2 Å². The lowest BCUT2D eigenvalue weighted by Crippen LogP contribution is -2.45. The molecule has 2 aliphatic rings. The van der Waals surface area contributed by atoms with E-state index in [1.165, 1.54) is 22.9 Å². The molecular formula is C25H28ClN3OS. The Kier molecular flexibility index (Phi) is 5.69. The van der Waals surface area contributed by atoms with Crippen molar-refractivity contribution in [2.45, 2.75) is 52.5 Å². The lowest BCUT2D eigenvalue weighted by atomic mass is 9.80. The normalized spacial score (nSPS) is 22.7. The molecule has 0 spiro atoms. The van der Waals surface area contributed by atoms with E-state index in [2.05, 4.69) is 62.1 Å². The summed E-state index contributed by atoms with van der Waals surface area (Å²) in [5, 5.41) is 4.12. The van der Waals surface area contributed by atoms with Crippen molar-refractivity contribution in [3.05, 3.63) is 62.5 Å². The smallest absolute Gasteiger partial charge is 0.264 e. The third-order valence-electron chi connectivity index (χ3n) is 6.26. The first-order chi connectivity index (χ1) is 14.5. The number of thioether (sulfide) groups is 1. The lowest BCUT2D eigenvalue weighted by molar-refractivity contribution is -0.115. The first-order valence-electron chi connectivity index (χ1n) is 10.5. The maximum Gasteiger partial charge on any atom is 0.264 e. The molecule has 0 saturated carbocycles. The predicted octanol–water partition coefficient (Wildman–Crippen LogP) is 6.57. The summed E-state index contributed by atoms with van der Waals surface area (Å²) in [4.78, 5) is 20.1. The molecule has 0 aliphatic carbocycles. The third-order valence-corrected chi connectivity index (χ3v) is 7.50. The number of carbonyl (C=O) groups excluding carboxylic acids is 1. The number of aliphatic imine (C=N–C) groups is 1. The number of halogens is 1. The highest BCUT2D eigenvalue weighted by molar-refractivity contribution is 8.18. The van der Waals surface area contributed by atoms with Crippen LogP contribution >= 0.6 is 23.4 Å². The quantitative estimate of drug-likeness (QED) is 0.523. The maximum absolute atomic E-state index is 12.6. The fourth-order valence-corrected chi connectivity index (χ4v) is 5.42. The van der Waals surface area contributed by atoms with E-state index in [1.54, 1.807) is 0 Å². The molecule has 0 bridgehead atoms. The highest BCUT2D eigenvalue weighted by atomic mass is 35.5. The predicted molar refractivity (Wildman–Crippen MR) is 134 cm³/mol. The molecule has 0 unspecified atom stereocenters. The molecule has 4 rings (SSSR count). The summed E-state index contributed by atoms with van der Waals surface area (Å²) >= 11 is 8.00. The average molecular weight is 454 g/mol. The second-order valence-electron chi connectivity index (χ2n) is 9.18. The van der Waals surface area contributed by atoms with Gasteiger partial charge in [0.1, 0.15) is 0 Å². The minimum Gasteiger partial charge on any atom is -0.369 e. The number of hydrogen-bond donors (Lipinski definition) is 1. The number of hydrogen-bond acceptors (Lipinski definition) is 4. The first kappa shape index (κ1) is 22.0. The van der Waals surface area contributed by atoms with Crippen molar-refractivity contribution in [1.29, 1.82) is 0 Å². The summed E-state index contributed by atoms with van der Waals surface area (Å²) in [6, 6.07) is 10.3. The Morgan fingerprint density at radius 1 is 1.26 bits per heavy atom. The molecule has 4 nitrogen and oxygen atoms in total. The van der Waals surface area contributed by atoms with E-state index >= 15 is 0 Å². The highest BCUT2D eigenvalue weighted by Crippen LogP contribution is 2.45. The van der Waals surface area contributed by atoms with Crippen molar-refractivity contribution in [1.82, 2.24) is 5.32 Å². The number of benzene rings is 2. The standard InChI is InChI=1S/C25H28ClN3OS/c1-14-7-8-20(15(2)9-14)27-24-28-23(30)22(31-24)11-17-10-18-16(3)13-25(4,5)29(6)21(18)12-19(17)26/h7-12,16H,13H2,1-6H3,(H,27,28,30)/b22-11-/t16-/m0/s1. The zero-order chi connectivity index (χ0) is 22.5. The summed E-state index contributed by atoms with van der Waals surface area (Å²) < 4.78 is 0. The van der Waals surface area contributed by atoms with E-state index in [0.717, 1.165) is 28.9 Å². The van der Waals surface area contributed by atoms with Crippen molar-refractivity contribution in [2.24, 2.45) is 4.99 Å². The molecule has 0 aromatic heterocycles. The molecule has 6 heteroatoms. The van der Waals surface area contributed by atoms with Crippen LogP contribution in [0, 0.1) is 13.8 Å². The molecule has 162 valence electrons. The molecule has 2 heterocycles. The van der Waals surface area contributed by atoms with Gasteiger partial charge < -0.3 is 10.2 Å². The van der Waals surface area contributed by atoms with Gasteiger partial charge in [0.15, 0.2) is 5.17 Å². The van der Waals surface area contributed by atoms with Crippen LogP contribution in [-0.4, -0.2) is 23.7 Å². The van der Waals surface area contributed by atoms with Crippen LogP contribution in [0.3, 0.4) is 0 Å². The number of anilines is 1. The van der Waals surface area contributed by atoms with Crippen molar-refractivity contribution in [3.8, 4) is 0 Å². The van der Waals surface area contributed by atoms with Gasteiger partial charge in [-0.3, -0.25) is 4.79 Å². The Bertz CT molecular complexity index is 1140. The molecule has 2 aliphatic heterocycles. The van der Waals surface area contributed by atoms with Crippen LogP contribution < -0.4 is 10.2 Å². The molecule has 1 amide bonds. The monoisotopic (exact) mass is 453 g/mol. The van der Waals surface area contributed by atoms with Gasteiger partial charge in [-0.15, -0.1) is 0 Å². The van der Waals surface area contributed by atoms with Crippen LogP contribution in [0.2, 0.25) is 5.02 Å². The Morgan fingerprint density at radius 2 is 2.00 bits per heavy atom. The van der Waals surface area contributed by atoms with Gasteiger partial charge in [-0.2, -0.15) is 0 Å². The van der Waals surface area contributed by atoms with Gasteiger partial charge in [-0.25, -0.2) is 4.99 Å². The van der Waals surface area contributed by atoms with Crippen LogP contribution in [0.15, 0.2) is 40.2 Å². The summed E-state index contributed by atoms with van der Waals surface area (Å²) in [6.07, 6.45) is 2.94. The van der Waals surface area contributed by atoms with Crippen molar-refractivity contribution in [3.63, 3.8) is 0 Å². The second kappa shape index (κ2) is 8.03. The molecular weight excluding hydrogens is 426 g/mol. The Hall–Kier alpha value is -2.24. The lowest BCUT2D eigenvalue weighted by Gasteiger charge is -2.45. The van der Waals surface area contributed by atoms with E-state index in [4.69, 9.17) is 11.6 Å². The number of aryl methyl sites for hydroxylation is 2. The van der Waals surface area contributed by atoms with Gasteiger partial charge in [-0.1, -0.05) is 36.2 Å². The number of carbonyl (C=O) groups is 1. The van der Waals surface area contributed by atoms with Crippen molar-refractivity contribution >= 4 is 51.9 Å². The van der Waals surface area contributed by atoms with Gasteiger partial charge in [0.2, 0.25) is 0 Å². The second-order valence-corrected chi connectivity index (χ2v) is 10.6. The Labute approximate surface area is 193 Å². The molecule has 31 heavy (non-hydrogen) atoms. The molecule has 2 aromatic carbocycles. The van der Waals surface area contributed by atoms with Crippen LogP contribution in [-0.2, 0) is 4.79 Å². The zero-order valence-corrected chi connectivity index (χ0v) is 20.4. The SMILES string of the molecule is Cc1ccc(N=C2NC(=O)/C(=C/c3cc4c(cc3Cl)N(C)C(C)(C)C[C@@H]4C)S2)c(C)c1. The van der Waals surface area contributed by atoms with Gasteiger partial charge >= 0.3 is 0 Å². The van der Waals surface area contributed by atoms with Gasteiger partial charge in [0.25, 0.3) is 5.91 Å². The van der Waals surface area contributed by atoms with E-state index in [-0.39, 0.29) is 11.4 Å². The summed E-state index contributed by atoms with van der Waals surface area (Å²) in [5.74, 6) is 0.274. The van der Waals surface area contributed by atoms with E-state index in [9.17, 15) is 4.79 Å². The minimum atomic E-state index is -0.145. The van der Waals surface area contributed by atoms with E-state index < -0.39 is 0 Å². The largest absolute Gasteiger partial charge is 0.369 e. The van der Waals surface area contributed by atoms with Gasteiger partial charge in [-0.05, 0) is 92.8 Å². The number of amidine groups is 1. The number of rotatable bonds is 2. The van der Waals surface area contributed by atoms with Crippen molar-refractivity contribution < 1.29 is 4.79 Å². The summed E-state index contributed by atoms with van der Waals surface area (Å²) in [6.45, 7) is 10.8. The first-order valence-corrected chi connectivity index (χ1v) is 11.7. The minimum absolute atomic E-state index is 0.0798. The molecule has 0 radical (unpaired) electrons. The van der Waals surface area contributed by atoms with Crippen molar-refractivity contribution in [2.75, 3.05) is 11.9 Å². The summed E-state index contributed by atoms with van der Waals surface area (Å²) in [7, 11) is 2.12. The number of amides is 1. The molecule has 1 N–H and O–H groups in total. The topological polar surface area (TPSA) is 44.7 Å². The maximum atomic E-state index is 12.6. The third kappa shape index (κ3) is 4.26. The van der Waals surface area contributed by atoms with Crippen LogP contribution in [0.25, 0.3) is 6.08 Å². The van der Waals surface area contributed by atoms with Gasteiger partial charge in [0, 0.05) is 23.3 Å². The van der Waals surface area contributed by atoms with E-state index in [0.29, 0.717) is 21.0 Å². The molecule has 1 fully saturated rings. The zero-order valence-electron chi connectivity index (χ0n) is 18.8. The Balaban J connectivity index is 1.66. The highest BCUT2D eigenvalue weighted by Gasteiger charge is 2.34. The van der Waals surface area contributed by atoms with Crippen LogP contribution in [0.5, 0.6) is 0 Å². The van der Waals surface area contributed by atoms with Gasteiger partial charge in [0.05, 0.1) is 10.6 Å². The Morgan fingerprint density at radius 3 is 2.71 bits per heavy atom. The van der Waals surface area contributed by atoms with Crippen LogP contribution in [0.1, 0.15) is 55.4 Å².